The van der Waals surface area contributed by atoms with Gasteiger partial charge in [0.15, 0.2) is 11.2 Å². The van der Waals surface area contributed by atoms with Gasteiger partial charge in [0.1, 0.15) is 11.2 Å². The van der Waals surface area contributed by atoms with Crippen LogP contribution in [-0.4, -0.2) is 0 Å². The third kappa shape index (κ3) is 8.56. The zero-order valence-corrected chi connectivity index (χ0v) is 46.1. The first-order valence-corrected chi connectivity index (χ1v) is 28.2. The van der Waals surface area contributed by atoms with Crippen LogP contribution in [0.2, 0.25) is 0 Å². The Morgan fingerprint density at radius 3 is 1.06 bits per heavy atom. The van der Waals surface area contributed by atoms with Gasteiger partial charge in [-0.15, -0.1) is 0 Å². The SMILES string of the molecule is Cc1cc(-c2ccccc2)cc(N(c2ccc3cc4c(cc3c2)oc2c4ccc3c4cc5ccc(N(c6cc(-c7ccccc7)ccc6C)c6cc(-c7ccccc7)ccc6C)cc5cc4oc32)c2cc(-c3ccccc3)ccc2C)c1. The molecule has 13 aromatic carbocycles. The zero-order chi connectivity index (χ0) is 55.0. The molecule has 15 rings (SSSR count). The van der Waals surface area contributed by atoms with Gasteiger partial charge >= 0.3 is 0 Å². The fourth-order valence-corrected chi connectivity index (χ4v) is 12.3. The molecule has 0 unspecified atom stereocenters. The molecule has 0 aliphatic carbocycles. The average Bonchev–Trinajstić information content (AvgIpc) is 4.22. The van der Waals surface area contributed by atoms with Crippen LogP contribution >= 0.6 is 0 Å². The van der Waals surface area contributed by atoms with Crippen LogP contribution in [0.5, 0.6) is 0 Å². The number of anilines is 6. The van der Waals surface area contributed by atoms with Crippen molar-refractivity contribution in [3.63, 3.8) is 0 Å². The van der Waals surface area contributed by atoms with Crippen molar-refractivity contribution >= 4 is 99.5 Å². The first-order chi connectivity index (χ1) is 40.2. The van der Waals surface area contributed by atoms with Crippen molar-refractivity contribution in [2.45, 2.75) is 27.7 Å². The van der Waals surface area contributed by atoms with Crippen molar-refractivity contribution in [1.82, 2.24) is 0 Å². The molecule has 0 fully saturated rings. The van der Waals surface area contributed by atoms with E-state index in [1.807, 2.05) is 0 Å². The molecule has 0 saturated heterocycles. The topological polar surface area (TPSA) is 32.8 Å². The second-order valence-electron chi connectivity index (χ2n) is 22.0. The zero-order valence-electron chi connectivity index (χ0n) is 46.1. The van der Waals surface area contributed by atoms with E-state index in [-0.39, 0.29) is 0 Å². The smallest absolute Gasteiger partial charge is 0.178 e. The highest BCUT2D eigenvalue weighted by molar-refractivity contribution is 6.21. The fraction of sp³-hybridized carbons (Fsp3) is 0.0513. The standard InChI is InChI=1S/C78H56N2O2/c1-49-37-62(56-23-15-8-16-24-56)41-67(38-49)79(72-44-59(28-25-50(72)2)53-17-9-5-10-18-53)65-33-31-57-42-70-68-35-36-69-71-43-58-32-34-66(40-64(58)48-76(71)82-78(69)77(68)81-75(70)47-63(57)39-65)80(73-45-60(29-26-51(73)3)54-19-11-6-12-20-54)74-46-61(30-27-52(74)4)55-21-13-7-14-22-55/h5-48H,1-4H3. The van der Waals surface area contributed by atoms with E-state index in [9.17, 15) is 0 Å². The largest absolute Gasteiger partial charge is 0.452 e. The molecule has 0 N–H and O–H groups in total. The predicted molar refractivity (Wildman–Crippen MR) is 346 cm³/mol. The number of rotatable bonds is 10. The molecule has 0 aliphatic rings. The Balaban J connectivity index is 0.850. The quantitative estimate of drug-likeness (QED) is 0.137. The highest BCUT2D eigenvalue weighted by Crippen LogP contribution is 2.47. The lowest BCUT2D eigenvalue weighted by molar-refractivity contribution is 0.634. The number of hydrogen-bond donors (Lipinski definition) is 0. The number of benzene rings is 13. The molecule has 0 amide bonds. The van der Waals surface area contributed by atoms with Crippen molar-refractivity contribution < 1.29 is 8.83 Å². The lowest BCUT2D eigenvalue weighted by Crippen LogP contribution is -2.13. The predicted octanol–water partition coefficient (Wildman–Crippen LogP) is 22.6. The Hall–Kier alpha value is -10.4. The van der Waals surface area contributed by atoms with Crippen molar-refractivity contribution in [2.75, 3.05) is 9.80 Å². The summed E-state index contributed by atoms with van der Waals surface area (Å²) in [4.78, 5) is 4.85. The van der Waals surface area contributed by atoms with Crippen LogP contribution in [0.4, 0.5) is 34.1 Å². The molecule has 2 heterocycles. The van der Waals surface area contributed by atoms with E-state index >= 15 is 0 Å². The van der Waals surface area contributed by atoms with Crippen LogP contribution in [0.3, 0.4) is 0 Å². The monoisotopic (exact) mass is 1050 g/mol. The number of aryl methyl sites for hydroxylation is 4. The summed E-state index contributed by atoms with van der Waals surface area (Å²) in [5.41, 5.74) is 23.9. The minimum atomic E-state index is 0.751. The van der Waals surface area contributed by atoms with Gasteiger partial charge in [0.05, 0.1) is 0 Å². The molecule has 0 spiro atoms. The van der Waals surface area contributed by atoms with E-state index in [0.717, 1.165) is 99.5 Å². The summed E-state index contributed by atoms with van der Waals surface area (Å²) in [5.74, 6) is 0. The van der Waals surface area contributed by atoms with Gasteiger partial charge in [0, 0.05) is 55.7 Å². The van der Waals surface area contributed by atoms with E-state index in [4.69, 9.17) is 8.83 Å². The summed E-state index contributed by atoms with van der Waals surface area (Å²) in [6, 6.07) is 96.9. The van der Waals surface area contributed by atoms with E-state index in [2.05, 4.69) is 304 Å². The summed E-state index contributed by atoms with van der Waals surface area (Å²) < 4.78 is 14.0. The van der Waals surface area contributed by atoms with E-state index in [1.165, 1.54) is 66.8 Å². The fourth-order valence-electron chi connectivity index (χ4n) is 12.3. The molecule has 0 bridgehead atoms. The van der Waals surface area contributed by atoms with Gasteiger partial charge in [0.25, 0.3) is 0 Å². The number of nitrogens with zero attached hydrogens (tertiary/aromatic N) is 2. The van der Waals surface area contributed by atoms with Gasteiger partial charge in [-0.05, 0) is 207 Å². The van der Waals surface area contributed by atoms with Crippen LogP contribution in [0.25, 0.3) is 110 Å². The van der Waals surface area contributed by atoms with Crippen LogP contribution in [0, 0.1) is 27.7 Å². The van der Waals surface area contributed by atoms with E-state index in [0.29, 0.717) is 0 Å². The summed E-state index contributed by atoms with van der Waals surface area (Å²) in [7, 11) is 0. The summed E-state index contributed by atoms with van der Waals surface area (Å²) in [6.07, 6.45) is 0. The molecular weight excluding hydrogens is 997 g/mol. The Morgan fingerprint density at radius 1 is 0.244 bits per heavy atom. The molecule has 15 aromatic rings. The van der Waals surface area contributed by atoms with Crippen LogP contribution < -0.4 is 9.80 Å². The van der Waals surface area contributed by atoms with E-state index in [1.54, 1.807) is 0 Å². The minimum absolute atomic E-state index is 0.751. The van der Waals surface area contributed by atoms with Gasteiger partial charge in [-0.1, -0.05) is 176 Å². The first-order valence-electron chi connectivity index (χ1n) is 28.2. The maximum Gasteiger partial charge on any atom is 0.178 e. The van der Waals surface area contributed by atoms with Gasteiger partial charge < -0.3 is 18.6 Å². The molecule has 4 heteroatoms. The van der Waals surface area contributed by atoms with Crippen molar-refractivity contribution in [1.29, 1.82) is 0 Å². The molecule has 82 heavy (non-hydrogen) atoms. The molecule has 4 nitrogen and oxygen atoms in total. The number of fused-ring (bicyclic) bond motifs is 9. The van der Waals surface area contributed by atoms with Crippen molar-refractivity contribution in [3.05, 3.63) is 289 Å². The van der Waals surface area contributed by atoms with Gasteiger partial charge in [-0.2, -0.15) is 0 Å². The van der Waals surface area contributed by atoms with Gasteiger partial charge in [-0.3, -0.25) is 0 Å². The summed E-state index contributed by atoms with van der Waals surface area (Å²) in [5, 5.41) is 8.60. The average molecular weight is 1050 g/mol. The number of furan rings is 2. The maximum atomic E-state index is 6.98. The van der Waals surface area contributed by atoms with Crippen LogP contribution in [0.1, 0.15) is 22.3 Å². The molecule has 0 saturated carbocycles. The highest BCUT2D eigenvalue weighted by atomic mass is 16.4. The van der Waals surface area contributed by atoms with Crippen molar-refractivity contribution in [2.24, 2.45) is 0 Å². The minimum Gasteiger partial charge on any atom is -0.452 e. The van der Waals surface area contributed by atoms with Gasteiger partial charge in [0.2, 0.25) is 0 Å². The summed E-state index contributed by atoms with van der Waals surface area (Å²) >= 11 is 0. The molecule has 0 aliphatic heterocycles. The highest BCUT2D eigenvalue weighted by Gasteiger charge is 2.23. The van der Waals surface area contributed by atoms with Crippen LogP contribution in [0.15, 0.2) is 276 Å². The lowest BCUT2D eigenvalue weighted by Gasteiger charge is -2.30. The Bertz CT molecular complexity index is 4870. The maximum absolute atomic E-state index is 6.98. The normalized spacial score (nSPS) is 11.7. The molecule has 390 valence electrons. The molecular formula is C78H56N2O2. The molecule has 0 radical (unpaired) electrons. The lowest BCUT2D eigenvalue weighted by atomic mass is 9.98. The number of hydrogen-bond acceptors (Lipinski definition) is 4. The molecule has 2 aromatic heterocycles. The second kappa shape index (κ2) is 19.7. The van der Waals surface area contributed by atoms with Gasteiger partial charge in [-0.25, -0.2) is 0 Å². The van der Waals surface area contributed by atoms with E-state index < -0.39 is 0 Å². The third-order valence-corrected chi connectivity index (χ3v) is 16.6. The second-order valence-corrected chi connectivity index (χ2v) is 22.0. The third-order valence-electron chi connectivity index (χ3n) is 16.6. The van der Waals surface area contributed by atoms with Crippen LogP contribution in [-0.2, 0) is 0 Å². The Kier molecular flexibility index (Phi) is 11.7. The molecule has 0 atom stereocenters. The first kappa shape index (κ1) is 48.7. The Morgan fingerprint density at radius 2 is 0.634 bits per heavy atom. The Labute approximate surface area is 477 Å². The van der Waals surface area contributed by atoms with Crippen molar-refractivity contribution in [3.8, 4) is 44.5 Å². The summed E-state index contributed by atoms with van der Waals surface area (Å²) in [6.45, 7) is 8.81.